The SMILES string of the molecule is c1cc(-c2ccc(-c3cccc(-c4nc(-n5c6ccccc6c6ccccc65)nc(-n5c6ccccc6c6ccccc65)n4)c3)cc2)cc(-c2nc(-n3c4ccccc4c4ccccc43)nc(-n3c4ccccc4c4ccccc43)n2)c1. The van der Waals surface area contributed by atoms with E-state index in [1.54, 1.807) is 0 Å². The second-order valence-corrected chi connectivity index (χ2v) is 20.7. The van der Waals surface area contributed by atoms with Gasteiger partial charge in [-0.1, -0.05) is 206 Å². The summed E-state index contributed by atoms with van der Waals surface area (Å²) in [5, 5.41) is 9.08. The predicted molar refractivity (Wildman–Crippen MR) is 332 cm³/mol. The van der Waals surface area contributed by atoms with Crippen molar-refractivity contribution in [3.05, 3.63) is 267 Å². The van der Waals surface area contributed by atoms with Crippen molar-refractivity contribution in [2.75, 3.05) is 0 Å². The monoisotopic (exact) mass is 1050 g/mol. The van der Waals surface area contributed by atoms with Gasteiger partial charge in [0.25, 0.3) is 0 Å². The van der Waals surface area contributed by atoms with Crippen LogP contribution >= 0.6 is 0 Å². The maximum Gasteiger partial charge on any atom is 0.240 e. The quantitative estimate of drug-likeness (QED) is 0.150. The molecule has 0 saturated heterocycles. The summed E-state index contributed by atoms with van der Waals surface area (Å²) >= 11 is 0. The first-order valence-corrected chi connectivity index (χ1v) is 27.4. The van der Waals surface area contributed by atoms with E-state index in [-0.39, 0.29) is 0 Å². The van der Waals surface area contributed by atoms with Gasteiger partial charge >= 0.3 is 0 Å². The Morgan fingerprint density at radius 3 is 0.610 bits per heavy atom. The standard InChI is InChI=1S/C72H44N10/c1-9-31-59-51(23-1)52-24-2-10-32-60(52)79(59)69-73-67(74-70(77-69)80-61-33-11-3-25-53(61)54-26-4-12-34-62(54)80)49-21-17-19-47(43-49)45-39-41-46(42-40-45)48-20-18-22-50(44-48)68-75-71(81-63-35-13-5-27-55(63)56-28-6-14-36-64(56)81)78-72(76-68)82-65-37-15-7-29-57(65)58-30-8-16-38-66(58)82/h1-44H. The largest absolute Gasteiger partial charge is 0.278 e. The summed E-state index contributed by atoms with van der Waals surface area (Å²) in [6, 6.07) is 93.4. The van der Waals surface area contributed by atoms with Crippen LogP contribution < -0.4 is 0 Å². The van der Waals surface area contributed by atoms with Crippen molar-refractivity contribution in [1.29, 1.82) is 0 Å². The highest BCUT2D eigenvalue weighted by Crippen LogP contribution is 2.38. The first kappa shape index (κ1) is 45.6. The average molecular weight is 1050 g/mol. The van der Waals surface area contributed by atoms with Crippen molar-refractivity contribution in [2.45, 2.75) is 0 Å². The van der Waals surface area contributed by atoms with Crippen LogP contribution in [0.2, 0.25) is 0 Å². The van der Waals surface area contributed by atoms with Gasteiger partial charge in [-0.05, 0) is 82.9 Å². The van der Waals surface area contributed by atoms with Crippen molar-refractivity contribution in [2.24, 2.45) is 0 Å². The lowest BCUT2D eigenvalue weighted by molar-refractivity contribution is 0.892. The summed E-state index contributed by atoms with van der Waals surface area (Å²) in [4.78, 5) is 32.1. The molecule has 10 heteroatoms. The zero-order valence-electron chi connectivity index (χ0n) is 43.9. The van der Waals surface area contributed by atoms with Crippen molar-refractivity contribution < 1.29 is 0 Å². The third-order valence-electron chi connectivity index (χ3n) is 16.1. The summed E-state index contributed by atoms with van der Waals surface area (Å²) in [5.74, 6) is 3.30. The number of rotatable bonds is 8. The molecule has 10 nitrogen and oxygen atoms in total. The van der Waals surface area contributed by atoms with E-state index in [0.717, 1.165) is 121 Å². The van der Waals surface area contributed by atoms with E-state index in [9.17, 15) is 0 Å². The molecule has 0 spiro atoms. The first-order chi connectivity index (χ1) is 40.7. The fourth-order valence-electron chi connectivity index (χ4n) is 12.4. The van der Waals surface area contributed by atoms with Crippen LogP contribution in [-0.4, -0.2) is 48.2 Å². The minimum Gasteiger partial charge on any atom is -0.278 e. The number of para-hydroxylation sites is 8. The van der Waals surface area contributed by atoms with Gasteiger partial charge in [0, 0.05) is 54.2 Å². The lowest BCUT2D eigenvalue weighted by Gasteiger charge is -2.13. The second-order valence-electron chi connectivity index (χ2n) is 20.7. The Labute approximate surface area is 468 Å². The summed E-state index contributed by atoms with van der Waals surface area (Å²) in [6.45, 7) is 0. The van der Waals surface area contributed by atoms with Crippen molar-refractivity contribution >= 4 is 87.2 Å². The highest BCUT2D eigenvalue weighted by molar-refractivity contribution is 6.12. The van der Waals surface area contributed by atoms with E-state index in [4.69, 9.17) is 29.9 Å². The predicted octanol–water partition coefficient (Wildman–Crippen LogP) is 17.1. The fraction of sp³-hybridized carbons (Fsp3) is 0. The van der Waals surface area contributed by atoms with Gasteiger partial charge < -0.3 is 0 Å². The highest BCUT2D eigenvalue weighted by Gasteiger charge is 2.23. The van der Waals surface area contributed by atoms with E-state index in [1.165, 1.54) is 0 Å². The Kier molecular flexibility index (Phi) is 10.1. The molecule has 82 heavy (non-hydrogen) atoms. The molecular formula is C72H44N10. The smallest absolute Gasteiger partial charge is 0.240 e. The molecule has 0 atom stereocenters. The molecular weight excluding hydrogens is 1000 g/mol. The molecule has 0 radical (unpaired) electrons. The number of nitrogens with zero attached hydrogens (tertiary/aromatic N) is 10. The molecule has 0 fully saturated rings. The van der Waals surface area contributed by atoms with Crippen LogP contribution in [0.4, 0.5) is 0 Å². The van der Waals surface area contributed by atoms with Crippen LogP contribution in [0.3, 0.4) is 0 Å². The number of fused-ring (bicyclic) bond motifs is 12. The minimum absolute atomic E-state index is 0.541. The molecule has 6 aromatic heterocycles. The van der Waals surface area contributed by atoms with Crippen LogP contribution in [-0.2, 0) is 0 Å². The van der Waals surface area contributed by atoms with Crippen LogP contribution in [0.1, 0.15) is 0 Å². The second kappa shape index (κ2) is 18.1. The van der Waals surface area contributed by atoms with Gasteiger partial charge in [0.2, 0.25) is 23.8 Å². The van der Waals surface area contributed by atoms with E-state index >= 15 is 0 Å². The molecule has 0 aliphatic carbocycles. The fourth-order valence-corrected chi connectivity index (χ4v) is 12.4. The Morgan fingerprint density at radius 2 is 0.378 bits per heavy atom. The van der Waals surface area contributed by atoms with Gasteiger partial charge in [0.15, 0.2) is 11.6 Å². The molecule has 11 aromatic carbocycles. The summed E-state index contributed by atoms with van der Waals surface area (Å²) in [6.07, 6.45) is 0. The Bertz CT molecular complexity index is 4620. The van der Waals surface area contributed by atoms with E-state index in [0.29, 0.717) is 35.4 Å². The zero-order valence-corrected chi connectivity index (χ0v) is 43.9. The van der Waals surface area contributed by atoms with Crippen molar-refractivity contribution in [1.82, 2.24) is 48.2 Å². The Hall–Kier alpha value is -11.4. The molecule has 382 valence electrons. The molecule has 6 heterocycles. The Morgan fingerprint density at radius 1 is 0.171 bits per heavy atom. The van der Waals surface area contributed by atoms with Gasteiger partial charge in [-0.3, -0.25) is 18.3 Å². The molecule has 0 bridgehead atoms. The number of aromatic nitrogens is 10. The summed E-state index contributed by atoms with van der Waals surface area (Å²) < 4.78 is 8.67. The van der Waals surface area contributed by atoms with Crippen LogP contribution in [0.25, 0.3) is 156 Å². The first-order valence-electron chi connectivity index (χ1n) is 27.4. The van der Waals surface area contributed by atoms with E-state index in [1.807, 2.05) is 0 Å². The third-order valence-corrected chi connectivity index (χ3v) is 16.1. The summed E-state index contributed by atoms with van der Waals surface area (Å²) in [5.41, 5.74) is 14.1. The normalized spacial score (nSPS) is 11.9. The molecule has 17 rings (SSSR count). The maximum absolute atomic E-state index is 5.35. The molecule has 0 amide bonds. The number of hydrogen-bond donors (Lipinski definition) is 0. The van der Waals surface area contributed by atoms with Crippen molar-refractivity contribution in [3.8, 4) is 68.8 Å². The van der Waals surface area contributed by atoms with Gasteiger partial charge in [0.1, 0.15) is 0 Å². The van der Waals surface area contributed by atoms with Gasteiger partial charge in [-0.15, -0.1) is 0 Å². The highest BCUT2D eigenvalue weighted by atomic mass is 15.3. The molecule has 0 N–H and O–H groups in total. The zero-order chi connectivity index (χ0) is 53.8. The van der Waals surface area contributed by atoms with E-state index < -0.39 is 0 Å². The topological polar surface area (TPSA) is 97.1 Å². The van der Waals surface area contributed by atoms with E-state index in [2.05, 4.69) is 285 Å². The number of hydrogen-bond acceptors (Lipinski definition) is 6. The van der Waals surface area contributed by atoms with Crippen molar-refractivity contribution in [3.63, 3.8) is 0 Å². The maximum atomic E-state index is 5.35. The van der Waals surface area contributed by atoms with Gasteiger partial charge in [-0.2, -0.15) is 29.9 Å². The lowest BCUT2D eigenvalue weighted by Crippen LogP contribution is -2.10. The van der Waals surface area contributed by atoms with Crippen LogP contribution in [0.15, 0.2) is 267 Å². The average Bonchev–Trinajstić information content (AvgIpc) is 4.38. The lowest BCUT2D eigenvalue weighted by atomic mass is 9.98. The Balaban J connectivity index is 0.776. The molecule has 0 aliphatic rings. The molecule has 0 aliphatic heterocycles. The summed E-state index contributed by atoms with van der Waals surface area (Å²) in [7, 11) is 0. The van der Waals surface area contributed by atoms with Crippen LogP contribution in [0.5, 0.6) is 0 Å². The third kappa shape index (κ3) is 7.08. The molecule has 17 aromatic rings. The van der Waals surface area contributed by atoms with Gasteiger partial charge in [-0.25, -0.2) is 0 Å². The molecule has 0 unspecified atom stereocenters. The number of benzene rings is 11. The van der Waals surface area contributed by atoms with Crippen LogP contribution in [0, 0.1) is 0 Å². The minimum atomic E-state index is 0.541. The van der Waals surface area contributed by atoms with Gasteiger partial charge in [0.05, 0.1) is 44.1 Å². The molecule has 0 saturated carbocycles.